The molecule has 0 radical (unpaired) electrons. The van der Waals surface area contributed by atoms with Crippen molar-refractivity contribution in [1.82, 2.24) is 4.31 Å². The number of sulfonamides is 1. The smallest absolute Gasteiger partial charge is 0.243 e. The number of piperidine rings is 1. The third-order valence-electron chi connectivity index (χ3n) is 4.02. The normalized spacial score (nSPS) is 19.6. The molecule has 1 saturated heterocycles. The molecule has 1 fully saturated rings. The summed E-state index contributed by atoms with van der Waals surface area (Å²) in [6, 6.07) is 6.78. The molecule has 118 valence electrons. The summed E-state index contributed by atoms with van der Waals surface area (Å²) in [5.41, 5.74) is 6.73. The van der Waals surface area contributed by atoms with Gasteiger partial charge >= 0.3 is 0 Å². The molecule has 0 saturated carbocycles. The summed E-state index contributed by atoms with van der Waals surface area (Å²) in [6.07, 6.45) is 1.70. The Morgan fingerprint density at radius 2 is 1.86 bits per heavy atom. The van der Waals surface area contributed by atoms with Crippen LogP contribution < -0.4 is 5.73 Å². The van der Waals surface area contributed by atoms with Crippen LogP contribution in [0.2, 0.25) is 0 Å². The van der Waals surface area contributed by atoms with E-state index in [1.165, 1.54) is 0 Å². The number of benzene rings is 1. The van der Waals surface area contributed by atoms with Crippen molar-refractivity contribution in [2.24, 2.45) is 11.7 Å². The monoisotopic (exact) mass is 312 g/mol. The summed E-state index contributed by atoms with van der Waals surface area (Å²) in [5, 5.41) is 0. The highest BCUT2D eigenvalue weighted by Gasteiger charge is 2.29. The molecule has 2 N–H and O–H groups in total. The Hall–Kier alpha value is -0.950. The Labute approximate surface area is 127 Å². The van der Waals surface area contributed by atoms with Gasteiger partial charge in [0.2, 0.25) is 10.0 Å². The molecule has 0 aromatic heterocycles. The Morgan fingerprint density at radius 3 is 2.33 bits per heavy atom. The Morgan fingerprint density at radius 1 is 1.29 bits per heavy atom. The van der Waals surface area contributed by atoms with E-state index in [1.54, 1.807) is 35.7 Å². The second-order valence-corrected chi connectivity index (χ2v) is 7.60. The lowest BCUT2D eigenvalue weighted by molar-refractivity contribution is 0.121. The van der Waals surface area contributed by atoms with Gasteiger partial charge in [0, 0.05) is 32.8 Å². The molecule has 6 heteroatoms. The predicted molar refractivity (Wildman–Crippen MR) is 82.4 cm³/mol. The molecule has 1 heterocycles. The topological polar surface area (TPSA) is 72.6 Å². The van der Waals surface area contributed by atoms with Crippen molar-refractivity contribution in [2.75, 3.05) is 26.8 Å². The van der Waals surface area contributed by atoms with Gasteiger partial charge in [-0.05, 0) is 43.4 Å². The van der Waals surface area contributed by atoms with Crippen molar-refractivity contribution >= 4 is 10.0 Å². The molecular formula is C15H24N2O3S. The van der Waals surface area contributed by atoms with Crippen LogP contribution in [0.5, 0.6) is 0 Å². The van der Waals surface area contributed by atoms with E-state index in [0.29, 0.717) is 30.5 Å². The van der Waals surface area contributed by atoms with Crippen molar-refractivity contribution in [3.63, 3.8) is 0 Å². The minimum Gasteiger partial charge on any atom is -0.384 e. The first-order chi connectivity index (χ1) is 9.95. The van der Waals surface area contributed by atoms with E-state index in [1.807, 2.05) is 6.92 Å². The highest BCUT2D eigenvalue weighted by molar-refractivity contribution is 7.89. The van der Waals surface area contributed by atoms with Crippen LogP contribution in [0.15, 0.2) is 29.2 Å². The number of hydrogen-bond acceptors (Lipinski definition) is 4. The van der Waals surface area contributed by atoms with Gasteiger partial charge in [0.15, 0.2) is 0 Å². The van der Waals surface area contributed by atoms with Crippen LogP contribution in [0, 0.1) is 5.92 Å². The third kappa shape index (κ3) is 3.83. The van der Waals surface area contributed by atoms with Crippen LogP contribution in [0.25, 0.3) is 0 Å². The SMILES string of the molecule is COCC1CCN(S(=O)(=O)c2ccc(C(C)N)cc2)CC1. The fourth-order valence-corrected chi connectivity index (χ4v) is 4.11. The molecule has 1 aliphatic heterocycles. The lowest BCUT2D eigenvalue weighted by Crippen LogP contribution is -2.39. The minimum atomic E-state index is -3.39. The number of methoxy groups -OCH3 is 1. The molecule has 0 aliphatic carbocycles. The number of ether oxygens (including phenoxy) is 1. The average molecular weight is 312 g/mol. The summed E-state index contributed by atoms with van der Waals surface area (Å²) in [5.74, 6) is 0.460. The zero-order chi connectivity index (χ0) is 15.5. The van der Waals surface area contributed by atoms with Crippen LogP contribution in [-0.2, 0) is 14.8 Å². The highest BCUT2D eigenvalue weighted by atomic mass is 32.2. The summed E-state index contributed by atoms with van der Waals surface area (Å²) in [4.78, 5) is 0.345. The van der Waals surface area contributed by atoms with E-state index in [9.17, 15) is 8.42 Å². The van der Waals surface area contributed by atoms with Crippen molar-refractivity contribution in [3.8, 4) is 0 Å². The first-order valence-electron chi connectivity index (χ1n) is 7.29. The Balaban J connectivity index is 2.08. The molecule has 5 nitrogen and oxygen atoms in total. The van der Waals surface area contributed by atoms with Gasteiger partial charge in [-0.3, -0.25) is 0 Å². The summed E-state index contributed by atoms with van der Waals surface area (Å²) < 4.78 is 31.9. The molecule has 21 heavy (non-hydrogen) atoms. The highest BCUT2D eigenvalue weighted by Crippen LogP contribution is 2.24. The third-order valence-corrected chi connectivity index (χ3v) is 5.93. The van der Waals surface area contributed by atoms with Crippen LogP contribution in [0.1, 0.15) is 31.4 Å². The molecule has 0 spiro atoms. The fourth-order valence-electron chi connectivity index (χ4n) is 2.64. The standard InChI is InChI=1S/C15H24N2O3S/c1-12(16)14-3-5-15(6-4-14)21(18,19)17-9-7-13(8-10-17)11-20-2/h3-6,12-13H,7-11,16H2,1-2H3. The first kappa shape index (κ1) is 16.4. The molecule has 1 aromatic rings. The number of nitrogens with two attached hydrogens (primary N) is 1. The molecule has 1 aliphatic rings. The van der Waals surface area contributed by atoms with Crippen LogP contribution in [0.3, 0.4) is 0 Å². The quantitative estimate of drug-likeness (QED) is 0.899. The van der Waals surface area contributed by atoms with Crippen LogP contribution in [-0.4, -0.2) is 39.5 Å². The van der Waals surface area contributed by atoms with E-state index < -0.39 is 10.0 Å². The number of nitrogens with zero attached hydrogens (tertiary/aromatic N) is 1. The van der Waals surface area contributed by atoms with Gasteiger partial charge in [-0.15, -0.1) is 0 Å². The molecule has 2 rings (SSSR count). The van der Waals surface area contributed by atoms with E-state index >= 15 is 0 Å². The molecule has 0 bridgehead atoms. The molecular weight excluding hydrogens is 288 g/mol. The summed E-state index contributed by atoms with van der Waals surface area (Å²) in [6.45, 7) is 3.71. The van der Waals surface area contributed by atoms with Crippen molar-refractivity contribution in [2.45, 2.75) is 30.7 Å². The van der Waals surface area contributed by atoms with E-state index in [-0.39, 0.29) is 6.04 Å². The van der Waals surface area contributed by atoms with E-state index in [4.69, 9.17) is 10.5 Å². The second kappa shape index (κ2) is 6.87. The maximum Gasteiger partial charge on any atom is 0.243 e. The average Bonchev–Trinajstić information content (AvgIpc) is 2.48. The summed E-state index contributed by atoms with van der Waals surface area (Å²) >= 11 is 0. The van der Waals surface area contributed by atoms with E-state index in [0.717, 1.165) is 18.4 Å². The lowest BCUT2D eigenvalue weighted by atomic mass is 9.99. The zero-order valence-electron chi connectivity index (χ0n) is 12.7. The maximum atomic E-state index is 12.6. The lowest BCUT2D eigenvalue weighted by Gasteiger charge is -2.30. The van der Waals surface area contributed by atoms with Crippen molar-refractivity contribution in [1.29, 1.82) is 0 Å². The second-order valence-electron chi connectivity index (χ2n) is 5.66. The van der Waals surface area contributed by atoms with Crippen molar-refractivity contribution < 1.29 is 13.2 Å². The van der Waals surface area contributed by atoms with Gasteiger partial charge in [0.05, 0.1) is 4.90 Å². The summed E-state index contributed by atoms with van der Waals surface area (Å²) in [7, 11) is -1.71. The first-order valence-corrected chi connectivity index (χ1v) is 8.73. The molecule has 1 aromatic carbocycles. The number of hydrogen-bond donors (Lipinski definition) is 1. The predicted octanol–water partition coefficient (Wildman–Crippen LogP) is 1.75. The van der Waals surface area contributed by atoms with Crippen LogP contribution in [0.4, 0.5) is 0 Å². The van der Waals surface area contributed by atoms with Crippen LogP contribution >= 0.6 is 0 Å². The van der Waals surface area contributed by atoms with Gasteiger partial charge in [0.25, 0.3) is 0 Å². The minimum absolute atomic E-state index is 0.0912. The largest absolute Gasteiger partial charge is 0.384 e. The van der Waals surface area contributed by atoms with Gasteiger partial charge in [-0.25, -0.2) is 8.42 Å². The number of rotatable bonds is 5. The van der Waals surface area contributed by atoms with Crippen molar-refractivity contribution in [3.05, 3.63) is 29.8 Å². The molecule has 1 atom stereocenters. The van der Waals surface area contributed by atoms with Gasteiger partial charge in [-0.2, -0.15) is 4.31 Å². The van der Waals surface area contributed by atoms with Gasteiger partial charge in [-0.1, -0.05) is 12.1 Å². The Kier molecular flexibility index (Phi) is 5.37. The molecule has 0 amide bonds. The fraction of sp³-hybridized carbons (Fsp3) is 0.600. The van der Waals surface area contributed by atoms with E-state index in [2.05, 4.69) is 0 Å². The van der Waals surface area contributed by atoms with Gasteiger partial charge in [0.1, 0.15) is 0 Å². The zero-order valence-corrected chi connectivity index (χ0v) is 13.5. The molecule has 1 unspecified atom stereocenters. The Bertz CT molecular complexity index is 547. The van der Waals surface area contributed by atoms with Gasteiger partial charge < -0.3 is 10.5 Å². The maximum absolute atomic E-state index is 12.6.